The summed E-state index contributed by atoms with van der Waals surface area (Å²) in [4.78, 5) is 10.5. The van der Waals surface area contributed by atoms with Crippen molar-refractivity contribution in [3.05, 3.63) is 12.3 Å². The van der Waals surface area contributed by atoms with Gasteiger partial charge in [0.1, 0.15) is 6.20 Å². The van der Waals surface area contributed by atoms with Crippen LogP contribution in [0.3, 0.4) is 0 Å². The fourth-order valence-electron chi connectivity index (χ4n) is 0.612. The molecule has 0 aromatic heterocycles. The van der Waals surface area contributed by atoms with Gasteiger partial charge in [0.2, 0.25) is 0 Å². The minimum absolute atomic E-state index is 0.259. The predicted octanol–water partition coefficient (Wildman–Crippen LogP) is 1.35. The van der Waals surface area contributed by atoms with Crippen molar-refractivity contribution in [2.45, 2.75) is 0 Å². The lowest BCUT2D eigenvalue weighted by atomic mass is 10.6. The van der Waals surface area contributed by atoms with Crippen molar-refractivity contribution in [1.82, 2.24) is 0 Å². The number of amides is 1. The predicted molar refractivity (Wildman–Crippen MR) is 39.7 cm³/mol. The molecule has 1 heterocycles. The first-order chi connectivity index (χ1) is 4.71. The molecule has 1 atom stereocenters. The lowest BCUT2D eigenvalue weighted by Crippen LogP contribution is -2.39. The summed E-state index contributed by atoms with van der Waals surface area (Å²) in [6, 6.07) is 0. The Balaban J connectivity index is 2.90. The van der Waals surface area contributed by atoms with Gasteiger partial charge in [-0.3, -0.25) is 0 Å². The lowest BCUT2D eigenvalue weighted by Gasteiger charge is -2.14. The van der Waals surface area contributed by atoms with Gasteiger partial charge in [-0.05, 0) is 15.9 Å². The number of halogens is 1. The molecule has 0 aliphatic carbocycles. The molecule has 0 fully saturated rings. The van der Waals surface area contributed by atoms with Gasteiger partial charge in [-0.2, -0.15) is 4.79 Å². The molecule has 0 aromatic carbocycles. The monoisotopic (exact) mass is 205 g/mol. The average Bonchev–Trinajstić information content (AvgIpc) is 2.35. The third-order valence-electron chi connectivity index (χ3n) is 1.20. The van der Waals surface area contributed by atoms with Crippen molar-refractivity contribution in [2.24, 2.45) is 5.10 Å². The number of carboxylic acid groups (broad SMARTS) is 1. The van der Waals surface area contributed by atoms with Gasteiger partial charge in [0.25, 0.3) is 0 Å². The van der Waals surface area contributed by atoms with Crippen LogP contribution in [0.1, 0.15) is 0 Å². The van der Waals surface area contributed by atoms with Crippen LogP contribution < -0.4 is 0 Å². The average molecular weight is 206 g/mol. The van der Waals surface area contributed by atoms with E-state index < -0.39 is 10.7 Å². The first-order valence-corrected chi connectivity index (χ1v) is 3.74. The summed E-state index contributed by atoms with van der Waals surface area (Å²) in [6.45, 7) is 0. The molecule has 10 heavy (non-hydrogen) atoms. The number of rotatable bonds is 1. The standard InChI is InChI=1S/C5H5BrN2O2/c6-4-8(5(9)10)3-1-2-7-8/h1-3H,4H2/p+1. The number of carbonyl (C=O) groups is 1. The second-order valence-electron chi connectivity index (χ2n) is 1.83. The number of allylic oxidation sites excluding steroid dienone is 1. The zero-order valence-electron chi connectivity index (χ0n) is 5.07. The summed E-state index contributed by atoms with van der Waals surface area (Å²) in [5.74, 6) is 0. The summed E-state index contributed by atoms with van der Waals surface area (Å²) in [7, 11) is 0. The molecule has 0 radical (unpaired) electrons. The SMILES string of the molecule is O=C(O)[N+]1(CBr)C=CC=N1. The van der Waals surface area contributed by atoms with Crippen LogP contribution >= 0.6 is 15.9 Å². The lowest BCUT2D eigenvalue weighted by molar-refractivity contribution is -0.794. The van der Waals surface area contributed by atoms with Crippen LogP contribution in [0.4, 0.5) is 4.79 Å². The van der Waals surface area contributed by atoms with Crippen LogP contribution in [0, 0.1) is 0 Å². The van der Waals surface area contributed by atoms with E-state index in [2.05, 4.69) is 21.0 Å². The Labute approximate surface area is 66.2 Å². The number of hydrogen-bond acceptors (Lipinski definition) is 2. The van der Waals surface area contributed by atoms with E-state index in [0.29, 0.717) is 0 Å². The molecule has 0 saturated carbocycles. The molecular weight excluding hydrogens is 200 g/mol. The smallest absolute Gasteiger partial charge is 0.433 e. The summed E-state index contributed by atoms with van der Waals surface area (Å²) >= 11 is 3.06. The minimum atomic E-state index is -0.984. The molecule has 0 aromatic rings. The van der Waals surface area contributed by atoms with Gasteiger partial charge in [-0.25, -0.2) is 0 Å². The summed E-state index contributed by atoms with van der Waals surface area (Å²) in [5, 5.41) is 12.4. The molecule has 0 spiro atoms. The number of nitrogens with zero attached hydrogens (tertiary/aromatic N) is 2. The molecule has 4 nitrogen and oxygen atoms in total. The molecule has 1 N–H and O–H groups in total. The highest BCUT2D eigenvalue weighted by atomic mass is 79.9. The van der Waals surface area contributed by atoms with Crippen molar-refractivity contribution >= 4 is 28.2 Å². The Bertz CT molecular complexity index is 200. The Morgan fingerprint density at radius 3 is 2.70 bits per heavy atom. The van der Waals surface area contributed by atoms with Gasteiger partial charge in [0, 0.05) is 6.08 Å². The maximum atomic E-state index is 10.5. The highest BCUT2D eigenvalue weighted by molar-refractivity contribution is 9.09. The van der Waals surface area contributed by atoms with E-state index >= 15 is 0 Å². The Hall–Kier alpha value is -0.680. The maximum absolute atomic E-state index is 10.5. The van der Waals surface area contributed by atoms with Crippen molar-refractivity contribution in [2.75, 3.05) is 5.45 Å². The van der Waals surface area contributed by atoms with E-state index in [1.165, 1.54) is 12.4 Å². The topological polar surface area (TPSA) is 49.7 Å². The van der Waals surface area contributed by atoms with E-state index in [-0.39, 0.29) is 5.45 Å². The minimum Gasteiger partial charge on any atom is -0.433 e. The number of alkyl halides is 1. The Kier molecular flexibility index (Phi) is 1.87. The van der Waals surface area contributed by atoms with Crippen LogP contribution in [0.2, 0.25) is 0 Å². The van der Waals surface area contributed by atoms with E-state index in [1.807, 2.05) is 0 Å². The Morgan fingerprint density at radius 2 is 2.50 bits per heavy atom. The molecule has 1 rings (SSSR count). The summed E-state index contributed by atoms with van der Waals surface area (Å²) < 4.78 is -0.403. The zero-order valence-corrected chi connectivity index (χ0v) is 6.65. The highest BCUT2D eigenvalue weighted by Crippen LogP contribution is 2.16. The van der Waals surface area contributed by atoms with Gasteiger partial charge >= 0.3 is 6.09 Å². The molecule has 1 unspecified atom stereocenters. The first-order valence-electron chi connectivity index (χ1n) is 2.62. The van der Waals surface area contributed by atoms with Crippen molar-refractivity contribution in [1.29, 1.82) is 0 Å². The van der Waals surface area contributed by atoms with Gasteiger partial charge in [-0.1, -0.05) is 9.69 Å². The first kappa shape index (κ1) is 7.43. The van der Waals surface area contributed by atoms with Crippen LogP contribution in [0.25, 0.3) is 0 Å². The molecular formula is C5H6BrN2O2+. The zero-order chi connectivity index (χ0) is 7.61. The maximum Gasteiger partial charge on any atom is 0.546 e. The molecule has 1 aliphatic rings. The van der Waals surface area contributed by atoms with E-state index in [0.717, 1.165) is 0 Å². The molecule has 1 amide bonds. The van der Waals surface area contributed by atoms with Crippen LogP contribution in [0.5, 0.6) is 0 Å². The summed E-state index contributed by atoms with van der Waals surface area (Å²) in [6.07, 6.45) is 3.59. The van der Waals surface area contributed by atoms with Crippen LogP contribution in [-0.4, -0.2) is 27.5 Å². The number of hydrogen-bond donors (Lipinski definition) is 1. The van der Waals surface area contributed by atoms with E-state index in [9.17, 15) is 4.79 Å². The Morgan fingerprint density at radius 1 is 1.80 bits per heavy atom. The van der Waals surface area contributed by atoms with Crippen molar-refractivity contribution in [3.63, 3.8) is 0 Å². The summed E-state index contributed by atoms with van der Waals surface area (Å²) in [5.41, 5.74) is 0.259. The van der Waals surface area contributed by atoms with E-state index in [1.54, 1.807) is 6.08 Å². The third-order valence-corrected chi connectivity index (χ3v) is 1.97. The van der Waals surface area contributed by atoms with E-state index in [4.69, 9.17) is 5.11 Å². The molecule has 5 heteroatoms. The quantitative estimate of drug-likeness (QED) is 0.400. The number of quaternary nitrogens is 1. The highest BCUT2D eigenvalue weighted by Gasteiger charge is 2.35. The van der Waals surface area contributed by atoms with Gasteiger partial charge in [-0.15, -0.1) is 0 Å². The molecule has 0 saturated heterocycles. The molecule has 1 aliphatic heterocycles. The fourth-order valence-corrected chi connectivity index (χ4v) is 1.12. The third kappa shape index (κ3) is 0.975. The van der Waals surface area contributed by atoms with Gasteiger partial charge < -0.3 is 5.11 Å². The van der Waals surface area contributed by atoms with Gasteiger partial charge in [0.15, 0.2) is 5.45 Å². The van der Waals surface area contributed by atoms with Gasteiger partial charge in [0.05, 0.1) is 6.21 Å². The van der Waals surface area contributed by atoms with Crippen LogP contribution in [-0.2, 0) is 0 Å². The largest absolute Gasteiger partial charge is 0.546 e. The fraction of sp³-hybridized carbons (Fsp3) is 0.200. The normalized spacial score (nSPS) is 29.3. The second kappa shape index (κ2) is 2.51. The van der Waals surface area contributed by atoms with Crippen molar-refractivity contribution in [3.8, 4) is 0 Å². The molecule has 0 bridgehead atoms. The second-order valence-corrected chi connectivity index (χ2v) is 2.34. The molecule has 54 valence electrons. The van der Waals surface area contributed by atoms with Crippen LogP contribution in [0.15, 0.2) is 17.4 Å². The van der Waals surface area contributed by atoms with Crippen molar-refractivity contribution < 1.29 is 14.5 Å².